The van der Waals surface area contributed by atoms with Gasteiger partial charge in [0.1, 0.15) is 11.4 Å². The molecule has 0 radical (unpaired) electrons. The fourth-order valence-electron chi connectivity index (χ4n) is 3.30. The second-order valence-electron chi connectivity index (χ2n) is 7.07. The topological polar surface area (TPSA) is 150 Å². The van der Waals surface area contributed by atoms with E-state index in [0.717, 1.165) is 15.0 Å². The van der Waals surface area contributed by atoms with Crippen molar-refractivity contribution >= 4 is 23.4 Å². The molecular weight excluding hydrogens is 442 g/mol. The van der Waals surface area contributed by atoms with E-state index in [4.69, 9.17) is 15.2 Å². The minimum atomic E-state index is -0.820. The molecule has 34 heavy (non-hydrogen) atoms. The minimum absolute atomic E-state index is 0.0459. The zero-order valence-electron chi connectivity index (χ0n) is 18.8. The summed E-state index contributed by atoms with van der Waals surface area (Å²) in [5.41, 5.74) is 5.28. The van der Waals surface area contributed by atoms with Crippen molar-refractivity contribution in [2.24, 2.45) is 0 Å². The number of esters is 1. The molecule has 2 heterocycles. The van der Waals surface area contributed by atoms with Crippen LogP contribution in [0.4, 0.5) is 11.5 Å². The Bertz CT molecular complexity index is 1280. The molecule has 2 aromatic heterocycles. The number of aromatic amines is 1. The average molecular weight is 467 g/mol. The van der Waals surface area contributed by atoms with E-state index in [-0.39, 0.29) is 36.0 Å². The van der Waals surface area contributed by atoms with Gasteiger partial charge in [0.2, 0.25) is 5.88 Å². The van der Waals surface area contributed by atoms with E-state index in [0.29, 0.717) is 6.61 Å². The van der Waals surface area contributed by atoms with E-state index in [2.05, 4.69) is 9.97 Å². The summed E-state index contributed by atoms with van der Waals surface area (Å²) in [7, 11) is 0. The summed E-state index contributed by atoms with van der Waals surface area (Å²) in [4.78, 5) is 57.6. The molecule has 0 saturated carbocycles. The number of hydrogen-bond acceptors (Lipinski definition) is 8. The van der Waals surface area contributed by atoms with E-state index in [1.807, 2.05) is 6.07 Å². The highest BCUT2D eigenvalue weighted by Gasteiger charge is 2.25. The smallest absolute Gasteiger partial charge is 0.344 e. The Kier molecular flexibility index (Phi) is 7.80. The molecule has 0 atom stereocenters. The van der Waals surface area contributed by atoms with E-state index >= 15 is 0 Å². The number of H-pyrrole nitrogens is 1. The van der Waals surface area contributed by atoms with Crippen molar-refractivity contribution in [3.05, 3.63) is 80.6 Å². The molecular formula is C23H25N5O6. The lowest BCUT2D eigenvalue weighted by Gasteiger charge is -2.23. The van der Waals surface area contributed by atoms with Crippen LogP contribution >= 0.6 is 0 Å². The number of benzene rings is 1. The molecule has 11 nitrogen and oxygen atoms in total. The fraction of sp³-hybridized carbons (Fsp3) is 0.261. The van der Waals surface area contributed by atoms with Crippen LogP contribution in [0.15, 0.2) is 58.3 Å². The second kappa shape index (κ2) is 10.9. The number of aromatic nitrogens is 3. The number of hydrogen-bond donors (Lipinski definition) is 2. The van der Waals surface area contributed by atoms with Gasteiger partial charge in [-0.15, -0.1) is 0 Å². The van der Waals surface area contributed by atoms with Gasteiger partial charge in [0.15, 0.2) is 12.3 Å². The number of carbonyl (C=O) groups is 2. The Labute approximate surface area is 194 Å². The van der Waals surface area contributed by atoms with Gasteiger partial charge in [-0.2, -0.15) is 0 Å². The minimum Gasteiger partial charge on any atom is -0.477 e. The van der Waals surface area contributed by atoms with Gasteiger partial charge in [-0.05, 0) is 31.5 Å². The van der Waals surface area contributed by atoms with Gasteiger partial charge in [0, 0.05) is 12.7 Å². The summed E-state index contributed by atoms with van der Waals surface area (Å²) in [5, 5.41) is 0. The number of pyridine rings is 1. The van der Waals surface area contributed by atoms with Gasteiger partial charge in [-0.3, -0.25) is 19.1 Å². The number of nitrogens with zero attached hydrogens (tertiary/aromatic N) is 3. The monoisotopic (exact) mass is 467 g/mol. The Morgan fingerprint density at radius 2 is 1.85 bits per heavy atom. The van der Waals surface area contributed by atoms with Crippen molar-refractivity contribution < 1.29 is 19.1 Å². The van der Waals surface area contributed by atoms with E-state index in [9.17, 15) is 19.2 Å². The maximum Gasteiger partial charge on any atom is 0.344 e. The first-order chi connectivity index (χ1) is 16.4. The average Bonchev–Trinajstić information content (AvgIpc) is 2.83. The summed E-state index contributed by atoms with van der Waals surface area (Å²) >= 11 is 0. The third-order valence-corrected chi connectivity index (χ3v) is 4.88. The number of carbonyl (C=O) groups excluding carboxylic acids is 2. The normalized spacial score (nSPS) is 10.5. The maximum absolute atomic E-state index is 12.9. The first-order valence-electron chi connectivity index (χ1n) is 10.6. The van der Waals surface area contributed by atoms with Crippen LogP contribution in [0.3, 0.4) is 0 Å². The Hall–Kier alpha value is -4.41. The Balaban J connectivity index is 1.84. The largest absolute Gasteiger partial charge is 0.477 e. The molecule has 0 aliphatic carbocycles. The van der Waals surface area contributed by atoms with Crippen molar-refractivity contribution in [3.63, 3.8) is 0 Å². The summed E-state index contributed by atoms with van der Waals surface area (Å²) in [6, 6.07) is 12.0. The number of anilines is 2. The summed E-state index contributed by atoms with van der Waals surface area (Å²) in [6.07, 6.45) is 1.46. The lowest BCUT2D eigenvalue weighted by molar-refractivity contribution is -0.121. The van der Waals surface area contributed by atoms with E-state index in [1.54, 1.807) is 38.1 Å². The highest BCUT2D eigenvalue weighted by Crippen LogP contribution is 2.19. The first-order valence-corrected chi connectivity index (χ1v) is 10.6. The molecule has 0 saturated heterocycles. The maximum atomic E-state index is 12.9. The molecule has 178 valence electrons. The van der Waals surface area contributed by atoms with Crippen LogP contribution in [-0.2, 0) is 16.1 Å². The lowest BCUT2D eigenvalue weighted by Crippen LogP contribution is -2.42. The van der Waals surface area contributed by atoms with Gasteiger partial charge in [0.05, 0.1) is 13.2 Å². The molecule has 0 spiro atoms. The van der Waals surface area contributed by atoms with Crippen LogP contribution in [0.25, 0.3) is 0 Å². The molecule has 1 aromatic carbocycles. The molecule has 3 N–H and O–H groups in total. The number of nitrogens with two attached hydrogens (primary N) is 1. The third kappa shape index (κ3) is 5.31. The molecule has 3 aromatic rings. The van der Waals surface area contributed by atoms with Gasteiger partial charge >= 0.3 is 11.7 Å². The summed E-state index contributed by atoms with van der Waals surface area (Å²) < 4.78 is 11.6. The second-order valence-corrected chi connectivity index (χ2v) is 7.07. The standard InChI is InChI=1S/C23H25N5O6/c1-3-27(17(29)14-34-22(31)16-11-8-12-25-21(16)33-4-2)18-19(24)28(23(32)26-20(18)30)13-15-9-6-5-7-10-15/h5-12H,3-4,13-14,24H2,1-2H3,(H,26,30,32). The van der Waals surface area contributed by atoms with Gasteiger partial charge in [-0.25, -0.2) is 14.6 Å². The van der Waals surface area contributed by atoms with E-state index < -0.39 is 29.7 Å². The van der Waals surface area contributed by atoms with Crippen LogP contribution < -0.4 is 26.6 Å². The zero-order valence-corrected chi connectivity index (χ0v) is 18.8. The molecule has 0 unspecified atom stereocenters. The van der Waals surface area contributed by atoms with Gasteiger partial charge < -0.3 is 20.1 Å². The number of amides is 1. The molecule has 0 aliphatic rings. The molecule has 0 aliphatic heterocycles. The number of likely N-dealkylation sites (N-methyl/N-ethyl adjacent to an activating group) is 1. The highest BCUT2D eigenvalue weighted by molar-refractivity contribution is 5.99. The summed E-state index contributed by atoms with van der Waals surface area (Å²) in [5.74, 6) is -1.59. The lowest BCUT2D eigenvalue weighted by atomic mass is 10.2. The van der Waals surface area contributed by atoms with Crippen LogP contribution in [0.1, 0.15) is 29.8 Å². The fourth-order valence-corrected chi connectivity index (χ4v) is 3.30. The molecule has 1 amide bonds. The predicted octanol–water partition coefficient (Wildman–Crippen LogP) is 1.17. The molecule has 11 heteroatoms. The molecule has 0 bridgehead atoms. The van der Waals surface area contributed by atoms with Crippen LogP contribution in [0.5, 0.6) is 5.88 Å². The van der Waals surface area contributed by atoms with Crippen molar-refractivity contribution in [2.75, 3.05) is 30.4 Å². The van der Waals surface area contributed by atoms with Gasteiger partial charge in [-0.1, -0.05) is 30.3 Å². The first kappa shape index (κ1) is 24.2. The highest BCUT2D eigenvalue weighted by atomic mass is 16.5. The predicted molar refractivity (Wildman–Crippen MR) is 125 cm³/mol. The van der Waals surface area contributed by atoms with E-state index in [1.165, 1.54) is 18.3 Å². The van der Waals surface area contributed by atoms with Gasteiger partial charge in [0.25, 0.3) is 11.5 Å². The Morgan fingerprint density at radius 1 is 1.12 bits per heavy atom. The summed E-state index contributed by atoms with van der Waals surface area (Å²) in [6.45, 7) is 3.14. The molecule has 0 fully saturated rings. The number of rotatable bonds is 9. The number of nitrogen functional groups attached to an aromatic ring is 1. The number of nitrogens with one attached hydrogen (secondary N) is 1. The van der Waals surface area contributed by atoms with Crippen LogP contribution in [0.2, 0.25) is 0 Å². The van der Waals surface area contributed by atoms with Crippen molar-refractivity contribution in [1.29, 1.82) is 0 Å². The van der Waals surface area contributed by atoms with Crippen LogP contribution in [-0.4, -0.2) is 46.2 Å². The third-order valence-electron chi connectivity index (χ3n) is 4.88. The van der Waals surface area contributed by atoms with Crippen molar-refractivity contribution in [2.45, 2.75) is 20.4 Å². The van der Waals surface area contributed by atoms with Crippen molar-refractivity contribution in [1.82, 2.24) is 14.5 Å². The van der Waals surface area contributed by atoms with Crippen LogP contribution in [0, 0.1) is 0 Å². The van der Waals surface area contributed by atoms with Crippen molar-refractivity contribution in [3.8, 4) is 5.88 Å². The quantitative estimate of drug-likeness (QED) is 0.445. The molecule has 3 rings (SSSR count). The Morgan fingerprint density at radius 3 is 2.53 bits per heavy atom. The SMILES string of the molecule is CCOc1ncccc1C(=O)OCC(=O)N(CC)c1c(N)n(Cc2ccccc2)c(=O)[nH]c1=O. The number of ether oxygens (including phenoxy) is 2. The zero-order chi connectivity index (χ0) is 24.7.